The van der Waals surface area contributed by atoms with E-state index in [1.54, 1.807) is 4.90 Å². The number of hydrogen-bond donors (Lipinski definition) is 1. The Labute approximate surface area is 136 Å². The lowest BCUT2D eigenvalue weighted by molar-refractivity contribution is -0.145. The number of carbonyl (C=O) groups excluding carboxylic acids is 1. The van der Waals surface area contributed by atoms with E-state index in [4.69, 9.17) is 5.11 Å². The molecule has 116 valence electrons. The predicted molar refractivity (Wildman–Crippen MR) is 86.6 cm³/mol. The van der Waals surface area contributed by atoms with Gasteiger partial charge in [0.05, 0.1) is 5.92 Å². The first kappa shape index (κ1) is 15.1. The lowest BCUT2D eigenvalue weighted by Gasteiger charge is -2.30. The molecule has 0 spiro atoms. The van der Waals surface area contributed by atoms with Gasteiger partial charge < -0.3 is 14.6 Å². The zero-order chi connectivity index (χ0) is 15.7. The molecule has 0 aliphatic carbocycles. The van der Waals surface area contributed by atoms with Crippen LogP contribution in [0.25, 0.3) is 10.9 Å². The van der Waals surface area contributed by atoms with Gasteiger partial charge in [-0.15, -0.1) is 0 Å². The van der Waals surface area contributed by atoms with Crippen LogP contribution in [0.5, 0.6) is 0 Å². The molecule has 1 fully saturated rings. The number of aliphatic carboxylic acids is 1. The molecule has 0 radical (unpaired) electrons. The number of fused-ring (bicyclic) bond motifs is 1. The zero-order valence-electron chi connectivity index (χ0n) is 12.0. The van der Waals surface area contributed by atoms with Gasteiger partial charge in [-0.2, -0.15) is 0 Å². The third kappa shape index (κ3) is 3.02. The van der Waals surface area contributed by atoms with Crippen LogP contribution in [0, 0.1) is 5.92 Å². The van der Waals surface area contributed by atoms with E-state index in [1.807, 2.05) is 35.0 Å². The van der Waals surface area contributed by atoms with E-state index < -0.39 is 5.97 Å². The SMILES string of the molecule is O=C(O)C1CCN(C(=O)Cn2ccc3ccc(Br)cc32)CC1. The van der Waals surface area contributed by atoms with Crippen molar-refractivity contribution in [3.05, 3.63) is 34.9 Å². The highest BCUT2D eigenvalue weighted by Crippen LogP contribution is 2.22. The molecule has 0 atom stereocenters. The number of carboxylic acids is 1. The van der Waals surface area contributed by atoms with E-state index in [0.29, 0.717) is 25.9 Å². The van der Waals surface area contributed by atoms with Crippen LogP contribution < -0.4 is 0 Å². The van der Waals surface area contributed by atoms with Gasteiger partial charge in [0.1, 0.15) is 6.54 Å². The molecular weight excluding hydrogens is 348 g/mol. The Morgan fingerprint density at radius 1 is 1.23 bits per heavy atom. The van der Waals surface area contributed by atoms with Crippen molar-refractivity contribution >= 4 is 38.7 Å². The van der Waals surface area contributed by atoms with Crippen LogP contribution in [0.2, 0.25) is 0 Å². The highest BCUT2D eigenvalue weighted by Gasteiger charge is 2.27. The smallest absolute Gasteiger partial charge is 0.306 e. The standard InChI is InChI=1S/C16H17BrN2O3/c17-13-2-1-11-3-8-19(14(11)9-13)10-15(20)18-6-4-12(5-7-18)16(21)22/h1-3,8-9,12H,4-7,10H2,(H,21,22). The normalized spacial score (nSPS) is 16.1. The molecule has 1 N–H and O–H groups in total. The summed E-state index contributed by atoms with van der Waals surface area (Å²) in [5.41, 5.74) is 1.02. The molecule has 3 rings (SSSR count). The van der Waals surface area contributed by atoms with Crippen molar-refractivity contribution in [2.24, 2.45) is 5.92 Å². The number of hydrogen-bond acceptors (Lipinski definition) is 2. The zero-order valence-corrected chi connectivity index (χ0v) is 13.6. The van der Waals surface area contributed by atoms with E-state index >= 15 is 0 Å². The maximum Gasteiger partial charge on any atom is 0.306 e. The van der Waals surface area contributed by atoms with Gasteiger partial charge in [-0.05, 0) is 36.4 Å². The van der Waals surface area contributed by atoms with Gasteiger partial charge in [0, 0.05) is 29.3 Å². The number of benzene rings is 1. The molecule has 22 heavy (non-hydrogen) atoms. The number of rotatable bonds is 3. The average Bonchev–Trinajstić information content (AvgIpc) is 2.89. The van der Waals surface area contributed by atoms with Crippen LogP contribution in [0.4, 0.5) is 0 Å². The summed E-state index contributed by atoms with van der Waals surface area (Å²) in [7, 11) is 0. The number of aromatic nitrogens is 1. The molecule has 2 aromatic rings. The Bertz CT molecular complexity index is 717. The number of nitrogens with zero attached hydrogens (tertiary/aromatic N) is 2. The minimum Gasteiger partial charge on any atom is -0.481 e. The van der Waals surface area contributed by atoms with E-state index in [0.717, 1.165) is 15.4 Å². The summed E-state index contributed by atoms with van der Waals surface area (Å²) < 4.78 is 2.92. The largest absolute Gasteiger partial charge is 0.481 e. The summed E-state index contributed by atoms with van der Waals surface area (Å²) >= 11 is 3.45. The van der Waals surface area contributed by atoms with Gasteiger partial charge in [0.25, 0.3) is 0 Å². The van der Waals surface area contributed by atoms with Crippen LogP contribution in [0.1, 0.15) is 12.8 Å². The van der Waals surface area contributed by atoms with Gasteiger partial charge in [-0.1, -0.05) is 22.0 Å². The number of carbonyl (C=O) groups is 2. The molecule has 1 aromatic carbocycles. The summed E-state index contributed by atoms with van der Waals surface area (Å²) in [6, 6.07) is 7.98. The number of likely N-dealkylation sites (tertiary alicyclic amines) is 1. The van der Waals surface area contributed by atoms with E-state index in [-0.39, 0.29) is 18.4 Å². The van der Waals surface area contributed by atoms with E-state index in [9.17, 15) is 9.59 Å². The number of piperidine rings is 1. The van der Waals surface area contributed by atoms with E-state index in [2.05, 4.69) is 15.9 Å². The molecule has 1 amide bonds. The Hall–Kier alpha value is -1.82. The Morgan fingerprint density at radius 3 is 2.64 bits per heavy atom. The lowest BCUT2D eigenvalue weighted by atomic mass is 9.97. The number of amides is 1. The maximum absolute atomic E-state index is 12.4. The Morgan fingerprint density at radius 2 is 1.95 bits per heavy atom. The third-order valence-electron chi connectivity index (χ3n) is 4.24. The second-order valence-corrected chi connectivity index (χ2v) is 6.56. The van der Waals surface area contributed by atoms with Crippen molar-refractivity contribution in [2.75, 3.05) is 13.1 Å². The van der Waals surface area contributed by atoms with Gasteiger partial charge in [0.15, 0.2) is 0 Å². The van der Waals surface area contributed by atoms with Crippen molar-refractivity contribution in [1.82, 2.24) is 9.47 Å². The second-order valence-electron chi connectivity index (χ2n) is 5.64. The lowest BCUT2D eigenvalue weighted by Crippen LogP contribution is -2.41. The summed E-state index contributed by atoms with van der Waals surface area (Å²) in [4.78, 5) is 25.1. The second kappa shape index (κ2) is 6.12. The summed E-state index contributed by atoms with van der Waals surface area (Å²) in [5, 5.41) is 10.1. The molecule has 6 heteroatoms. The highest BCUT2D eigenvalue weighted by molar-refractivity contribution is 9.10. The van der Waals surface area contributed by atoms with Gasteiger partial charge in [-0.3, -0.25) is 9.59 Å². The quantitative estimate of drug-likeness (QED) is 0.910. The summed E-state index contributed by atoms with van der Waals surface area (Å²) in [6.45, 7) is 1.34. The van der Waals surface area contributed by atoms with Crippen LogP contribution in [-0.4, -0.2) is 39.5 Å². The molecule has 1 saturated heterocycles. The molecule has 5 nitrogen and oxygen atoms in total. The molecule has 0 bridgehead atoms. The minimum atomic E-state index is -0.756. The fraction of sp³-hybridized carbons (Fsp3) is 0.375. The highest BCUT2D eigenvalue weighted by atomic mass is 79.9. The molecule has 1 aromatic heterocycles. The van der Waals surface area contributed by atoms with Crippen molar-refractivity contribution in [3.63, 3.8) is 0 Å². The van der Waals surface area contributed by atoms with Crippen LogP contribution in [-0.2, 0) is 16.1 Å². The summed E-state index contributed by atoms with van der Waals surface area (Å²) in [5.74, 6) is -1.03. The molecular formula is C16H17BrN2O3. The summed E-state index contributed by atoms with van der Waals surface area (Å²) in [6.07, 6.45) is 3.00. The van der Waals surface area contributed by atoms with Crippen molar-refractivity contribution in [1.29, 1.82) is 0 Å². The average molecular weight is 365 g/mol. The number of halogens is 1. The molecule has 1 aliphatic heterocycles. The Kier molecular flexibility index (Phi) is 4.20. The van der Waals surface area contributed by atoms with Crippen molar-refractivity contribution < 1.29 is 14.7 Å². The first-order valence-corrected chi connectivity index (χ1v) is 8.09. The van der Waals surface area contributed by atoms with Crippen molar-refractivity contribution in [3.8, 4) is 0 Å². The molecule has 0 unspecified atom stereocenters. The van der Waals surface area contributed by atoms with Gasteiger partial charge in [0.2, 0.25) is 5.91 Å². The fourth-order valence-corrected chi connectivity index (χ4v) is 3.27. The van der Waals surface area contributed by atoms with Gasteiger partial charge in [-0.25, -0.2) is 0 Å². The minimum absolute atomic E-state index is 0.0429. The Balaban J connectivity index is 1.69. The molecule has 0 saturated carbocycles. The first-order chi connectivity index (χ1) is 10.5. The fourth-order valence-electron chi connectivity index (χ4n) is 2.92. The van der Waals surface area contributed by atoms with Crippen LogP contribution in [0.3, 0.4) is 0 Å². The monoisotopic (exact) mass is 364 g/mol. The predicted octanol–water partition coefficient (Wildman–Crippen LogP) is 2.73. The number of carboxylic acid groups (broad SMARTS) is 1. The first-order valence-electron chi connectivity index (χ1n) is 7.29. The van der Waals surface area contributed by atoms with E-state index in [1.165, 1.54) is 0 Å². The molecule has 1 aliphatic rings. The maximum atomic E-state index is 12.4. The third-order valence-corrected chi connectivity index (χ3v) is 4.73. The van der Waals surface area contributed by atoms with Gasteiger partial charge >= 0.3 is 5.97 Å². The topological polar surface area (TPSA) is 62.5 Å². The van der Waals surface area contributed by atoms with Crippen LogP contribution in [0.15, 0.2) is 34.9 Å². The van der Waals surface area contributed by atoms with Crippen LogP contribution >= 0.6 is 15.9 Å². The molecule has 2 heterocycles. The van der Waals surface area contributed by atoms with Crippen molar-refractivity contribution in [2.45, 2.75) is 19.4 Å².